The quantitative estimate of drug-likeness (QED) is 0.520. The monoisotopic (exact) mass is 401 g/mol. The predicted molar refractivity (Wildman–Crippen MR) is 128 cm³/mol. The Morgan fingerprint density at radius 3 is 2.63 bits per heavy atom. The maximum absolute atomic E-state index is 12.5. The van der Waals surface area contributed by atoms with Crippen LogP contribution in [0.3, 0.4) is 0 Å². The van der Waals surface area contributed by atoms with Gasteiger partial charge in [-0.15, -0.1) is 0 Å². The first-order valence-electron chi connectivity index (χ1n) is 10.2. The minimum atomic E-state index is -0.637. The zero-order chi connectivity index (χ0) is 21.9. The van der Waals surface area contributed by atoms with E-state index in [2.05, 4.69) is 29.9 Å². The number of rotatable bonds is 9. The summed E-state index contributed by atoms with van der Waals surface area (Å²) in [5.74, 6) is -0.211. The molecule has 3 N–H and O–H groups in total. The second kappa shape index (κ2) is 11.7. The van der Waals surface area contributed by atoms with E-state index in [-0.39, 0.29) is 5.91 Å². The minimum absolute atomic E-state index is 0.211. The van der Waals surface area contributed by atoms with Crippen molar-refractivity contribution in [1.29, 1.82) is 0 Å². The number of hydrogen-bond donors (Lipinski definition) is 2. The van der Waals surface area contributed by atoms with Crippen LogP contribution in [0.15, 0.2) is 79.1 Å². The van der Waals surface area contributed by atoms with Crippen molar-refractivity contribution in [1.82, 2.24) is 4.98 Å². The number of anilines is 1. The Bertz CT molecular complexity index is 953. The van der Waals surface area contributed by atoms with Gasteiger partial charge in [-0.3, -0.25) is 9.78 Å². The van der Waals surface area contributed by atoms with Crippen LogP contribution in [0.1, 0.15) is 37.9 Å². The number of nitrogens with one attached hydrogen (secondary N) is 1. The van der Waals surface area contributed by atoms with Gasteiger partial charge in [-0.2, -0.15) is 0 Å². The maximum Gasteiger partial charge on any atom is 0.241 e. The van der Waals surface area contributed by atoms with Crippen LogP contribution in [0.2, 0.25) is 0 Å². The lowest BCUT2D eigenvalue weighted by molar-refractivity contribution is -0.117. The number of carbonyl (C=O) groups is 1. The number of benzene rings is 1. The third kappa shape index (κ3) is 6.39. The van der Waals surface area contributed by atoms with E-state index in [4.69, 9.17) is 5.73 Å². The zero-order valence-corrected chi connectivity index (χ0v) is 18.1. The lowest BCUT2D eigenvalue weighted by atomic mass is 9.98. The second-order valence-electron chi connectivity index (χ2n) is 7.02. The summed E-state index contributed by atoms with van der Waals surface area (Å²) in [5, 5.41) is 2.91. The van der Waals surface area contributed by atoms with Crippen LogP contribution < -0.4 is 11.1 Å². The predicted octanol–water partition coefficient (Wildman–Crippen LogP) is 5.82. The molecular weight excluding hydrogens is 370 g/mol. The van der Waals surface area contributed by atoms with Gasteiger partial charge in [0.05, 0.1) is 6.04 Å². The number of hydrogen-bond acceptors (Lipinski definition) is 3. The van der Waals surface area contributed by atoms with E-state index in [9.17, 15) is 4.79 Å². The highest BCUT2D eigenvalue weighted by Crippen LogP contribution is 2.27. The molecule has 0 saturated heterocycles. The molecule has 1 heterocycles. The van der Waals surface area contributed by atoms with Crippen molar-refractivity contribution in [3.63, 3.8) is 0 Å². The molecule has 2 rings (SSSR count). The molecule has 1 aromatic carbocycles. The smallest absolute Gasteiger partial charge is 0.241 e. The van der Waals surface area contributed by atoms with Crippen molar-refractivity contribution in [2.24, 2.45) is 5.73 Å². The Morgan fingerprint density at radius 1 is 1.27 bits per heavy atom. The molecule has 156 valence electrons. The van der Waals surface area contributed by atoms with Crippen LogP contribution >= 0.6 is 0 Å². The molecule has 1 amide bonds. The van der Waals surface area contributed by atoms with Gasteiger partial charge in [0.15, 0.2) is 0 Å². The first kappa shape index (κ1) is 23.0. The Morgan fingerprint density at radius 2 is 2.00 bits per heavy atom. The van der Waals surface area contributed by atoms with Crippen molar-refractivity contribution < 1.29 is 4.79 Å². The largest absolute Gasteiger partial charge is 0.325 e. The highest BCUT2D eigenvalue weighted by Gasteiger charge is 2.15. The highest BCUT2D eigenvalue weighted by molar-refractivity contribution is 5.95. The number of amides is 1. The minimum Gasteiger partial charge on any atom is -0.325 e. The highest BCUT2D eigenvalue weighted by atomic mass is 16.2. The number of aromatic nitrogens is 1. The van der Waals surface area contributed by atoms with Crippen molar-refractivity contribution in [2.45, 2.75) is 39.7 Å². The summed E-state index contributed by atoms with van der Waals surface area (Å²) in [6, 6.07) is 9.15. The van der Waals surface area contributed by atoms with Crippen molar-refractivity contribution in [3.05, 3.63) is 90.3 Å². The molecule has 1 atom stereocenters. The lowest BCUT2D eigenvalue weighted by Gasteiger charge is -2.14. The van der Waals surface area contributed by atoms with Gasteiger partial charge in [-0.05, 0) is 61.6 Å². The summed E-state index contributed by atoms with van der Waals surface area (Å²) >= 11 is 0. The number of aryl methyl sites for hydroxylation is 1. The molecule has 0 aliphatic heterocycles. The SMILES string of the molecule is C=C/C=C(\C=C\CC)CC(N)C(=O)Nc1ccc(-c2ccnc(C)c2/C=C\C)cc1. The number of nitrogens with zero attached hydrogens (tertiary/aromatic N) is 1. The molecule has 0 aliphatic rings. The van der Waals surface area contributed by atoms with Crippen LogP contribution in [0, 0.1) is 6.92 Å². The van der Waals surface area contributed by atoms with Gasteiger partial charge < -0.3 is 11.1 Å². The third-order valence-electron chi connectivity index (χ3n) is 4.68. The van der Waals surface area contributed by atoms with Gasteiger partial charge in [0.2, 0.25) is 5.91 Å². The Hall–Kier alpha value is -3.24. The van der Waals surface area contributed by atoms with E-state index in [0.717, 1.165) is 40.1 Å². The van der Waals surface area contributed by atoms with Gasteiger partial charge in [-0.25, -0.2) is 0 Å². The first-order valence-corrected chi connectivity index (χ1v) is 10.2. The number of pyridine rings is 1. The van der Waals surface area contributed by atoms with Crippen molar-refractivity contribution in [3.8, 4) is 11.1 Å². The van der Waals surface area contributed by atoms with Gasteiger partial charge in [0, 0.05) is 23.1 Å². The summed E-state index contributed by atoms with van der Waals surface area (Å²) in [6.45, 7) is 9.78. The summed E-state index contributed by atoms with van der Waals surface area (Å²) < 4.78 is 0. The van der Waals surface area contributed by atoms with E-state index in [1.54, 1.807) is 6.08 Å². The number of nitrogens with two attached hydrogens (primary N) is 1. The molecule has 1 unspecified atom stereocenters. The average Bonchev–Trinajstić information content (AvgIpc) is 2.74. The summed E-state index contributed by atoms with van der Waals surface area (Å²) in [6.07, 6.45) is 14.9. The van der Waals surface area contributed by atoms with E-state index in [1.807, 2.05) is 74.7 Å². The molecule has 4 heteroatoms. The fourth-order valence-corrected chi connectivity index (χ4v) is 3.13. The molecule has 2 aromatic rings. The molecule has 0 bridgehead atoms. The van der Waals surface area contributed by atoms with Crippen LogP contribution in [-0.2, 0) is 4.79 Å². The summed E-state index contributed by atoms with van der Waals surface area (Å²) in [4.78, 5) is 16.9. The standard InChI is InChI=1S/C26H31N3O/c1-5-8-11-20(9-6-2)18-25(27)26(30)29-22-14-12-21(13-15-22)24-16-17-28-19(4)23(24)10-7-3/h6-17,25H,2,5,18,27H2,1,3-4H3,(H,29,30)/b10-7-,11-8+,20-9+. The molecule has 1 aromatic heterocycles. The Balaban J connectivity index is 2.12. The Labute approximate surface area is 179 Å². The summed E-state index contributed by atoms with van der Waals surface area (Å²) in [7, 11) is 0. The van der Waals surface area contributed by atoms with Crippen LogP contribution in [0.5, 0.6) is 0 Å². The van der Waals surface area contributed by atoms with Crippen LogP contribution in [-0.4, -0.2) is 16.9 Å². The molecule has 0 saturated carbocycles. The number of carbonyl (C=O) groups excluding carboxylic acids is 1. The fourth-order valence-electron chi connectivity index (χ4n) is 3.13. The topological polar surface area (TPSA) is 68.0 Å². The third-order valence-corrected chi connectivity index (χ3v) is 4.68. The molecular formula is C26H31N3O. The van der Waals surface area contributed by atoms with E-state index in [0.29, 0.717) is 6.42 Å². The van der Waals surface area contributed by atoms with Gasteiger partial charge in [0.1, 0.15) is 0 Å². The molecule has 4 nitrogen and oxygen atoms in total. The average molecular weight is 402 g/mol. The van der Waals surface area contributed by atoms with E-state index < -0.39 is 6.04 Å². The first-order chi connectivity index (χ1) is 14.5. The van der Waals surface area contributed by atoms with Gasteiger partial charge in [-0.1, -0.05) is 62.1 Å². The molecule has 0 aliphatic carbocycles. The van der Waals surface area contributed by atoms with Gasteiger partial charge in [0.25, 0.3) is 0 Å². The zero-order valence-electron chi connectivity index (χ0n) is 18.1. The Kier molecular flexibility index (Phi) is 8.98. The summed E-state index contributed by atoms with van der Waals surface area (Å²) in [5.41, 5.74) is 12.1. The fraction of sp³-hybridized carbons (Fsp3) is 0.231. The molecule has 0 spiro atoms. The van der Waals surface area contributed by atoms with Crippen molar-refractivity contribution in [2.75, 3.05) is 5.32 Å². The van der Waals surface area contributed by atoms with Crippen LogP contribution in [0.25, 0.3) is 17.2 Å². The maximum atomic E-state index is 12.5. The number of allylic oxidation sites excluding steroid dienone is 5. The van der Waals surface area contributed by atoms with E-state index in [1.165, 1.54) is 0 Å². The lowest BCUT2D eigenvalue weighted by Crippen LogP contribution is -2.35. The van der Waals surface area contributed by atoms with Crippen LogP contribution in [0.4, 0.5) is 5.69 Å². The molecule has 0 radical (unpaired) electrons. The molecule has 0 fully saturated rings. The second-order valence-corrected chi connectivity index (χ2v) is 7.02. The van der Waals surface area contributed by atoms with Gasteiger partial charge >= 0.3 is 0 Å². The van der Waals surface area contributed by atoms with Crippen molar-refractivity contribution >= 4 is 17.7 Å². The normalized spacial score (nSPS) is 13.0. The van der Waals surface area contributed by atoms with E-state index >= 15 is 0 Å². The molecule has 30 heavy (non-hydrogen) atoms.